The summed E-state index contributed by atoms with van der Waals surface area (Å²) >= 11 is 7.27. The summed E-state index contributed by atoms with van der Waals surface area (Å²) < 4.78 is 5.18. The molecular weight excluding hydrogens is 210 g/mol. The van der Waals surface area contributed by atoms with Crippen molar-refractivity contribution in [3.05, 3.63) is 21.3 Å². The molecule has 0 saturated carbocycles. The van der Waals surface area contributed by atoms with E-state index in [2.05, 4.69) is 4.74 Å². The van der Waals surface area contributed by atoms with Gasteiger partial charge in [-0.2, -0.15) is 0 Å². The molecule has 5 heteroatoms. The lowest BCUT2D eigenvalue weighted by atomic mass is 10.1. The summed E-state index contributed by atoms with van der Waals surface area (Å²) in [6, 6.07) is 1.23. The van der Waals surface area contributed by atoms with E-state index in [0.29, 0.717) is 10.8 Å². The molecule has 0 unspecified atom stereocenters. The van der Waals surface area contributed by atoms with Gasteiger partial charge in [-0.1, -0.05) is 11.6 Å². The summed E-state index contributed by atoms with van der Waals surface area (Å²) in [4.78, 5) is 11.0. The fourth-order valence-corrected chi connectivity index (χ4v) is 1.89. The highest BCUT2D eigenvalue weighted by Crippen LogP contribution is 2.23. The van der Waals surface area contributed by atoms with Crippen LogP contribution in [0.15, 0.2) is 11.4 Å². The van der Waals surface area contributed by atoms with Gasteiger partial charge in [-0.05, 0) is 17.0 Å². The van der Waals surface area contributed by atoms with Gasteiger partial charge in [0.2, 0.25) is 0 Å². The number of methoxy groups -OCH3 is 1. The van der Waals surface area contributed by atoms with Crippen LogP contribution in [0, 0.1) is 0 Å². The second-order valence-corrected chi connectivity index (χ2v) is 4.07. The van der Waals surface area contributed by atoms with Crippen LogP contribution in [-0.4, -0.2) is 19.1 Å². The van der Waals surface area contributed by atoms with Gasteiger partial charge in [-0.25, -0.2) is 0 Å². The predicted octanol–water partition coefficient (Wildman–Crippen LogP) is 1.44. The maximum atomic E-state index is 11.0. The molecule has 0 amide bonds. The van der Waals surface area contributed by atoms with Gasteiger partial charge in [-0.15, -0.1) is 11.3 Å². The van der Waals surface area contributed by atoms with Crippen LogP contribution in [0.25, 0.3) is 0 Å². The summed E-state index contributed by atoms with van der Waals surface area (Å²) in [7, 11) is 1.32. The van der Waals surface area contributed by atoms with E-state index < -0.39 is 12.0 Å². The SMILES string of the molecule is COC(=O)[C@@H](N)Cc1ccsc1Cl. The van der Waals surface area contributed by atoms with Crippen LogP contribution in [0.3, 0.4) is 0 Å². The molecule has 13 heavy (non-hydrogen) atoms. The lowest BCUT2D eigenvalue weighted by Gasteiger charge is -2.07. The van der Waals surface area contributed by atoms with E-state index >= 15 is 0 Å². The molecule has 1 rings (SSSR count). The lowest BCUT2D eigenvalue weighted by Crippen LogP contribution is -2.33. The highest BCUT2D eigenvalue weighted by atomic mass is 35.5. The van der Waals surface area contributed by atoms with Crippen LogP contribution < -0.4 is 5.73 Å². The summed E-state index contributed by atoms with van der Waals surface area (Å²) in [6.45, 7) is 0. The lowest BCUT2D eigenvalue weighted by molar-refractivity contribution is -0.142. The number of carbonyl (C=O) groups excluding carboxylic acids is 1. The molecule has 0 spiro atoms. The number of esters is 1. The molecule has 0 fully saturated rings. The van der Waals surface area contributed by atoms with Gasteiger partial charge in [0.25, 0.3) is 0 Å². The van der Waals surface area contributed by atoms with Crippen molar-refractivity contribution < 1.29 is 9.53 Å². The predicted molar refractivity (Wildman–Crippen MR) is 53.0 cm³/mol. The number of halogens is 1. The monoisotopic (exact) mass is 219 g/mol. The molecule has 3 nitrogen and oxygen atoms in total. The van der Waals surface area contributed by atoms with Crippen LogP contribution in [0.1, 0.15) is 5.56 Å². The number of ether oxygens (including phenoxy) is 1. The molecule has 1 aromatic rings. The Kier molecular flexibility index (Phi) is 3.71. The molecule has 1 heterocycles. The molecule has 0 saturated heterocycles. The first kappa shape index (κ1) is 10.5. The first-order valence-corrected chi connectivity index (χ1v) is 4.96. The van der Waals surface area contributed by atoms with E-state index in [9.17, 15) is 4.79 Å². The maximum absolute atomic E-state index is 11.0. The average Bonchev–Trinajstić information content (AvgIpc) is 2.50. The number of hydrogen-bond donors (Lipinski definition) is 1. The van der Waals surface area contributed by atoms with Crippen molar-refractivity contribution in [3.63, 3.8) is 0 Å². The van der Waals surface area contributed by atoms with Gasteiger partial charge in [0.05, 0.1) is 11.4 Å². The Morgan fingerprint density at radius 2 is 2.54 bits per heavy atom. The molecule has 72 valence electrons. The zero-order chi connectivity index (χ0) is 9.84. The highest BCUT2D eigenvalue weighted by Gasteiger charge is 2.15. The van der Waals surface area contributed by atoms with E-state index in [1.165, 1.54) is 18.4 Å². The molecule has 0 aliphatic heterocycles. The summed E-state index contributed by atoms with van der Waals surface area (Å²) in [6.07, 6.45) is 0.426. The summed E-state index contributed by atoms with van der Waals surface area (Å²) in [5, 5.41) is 1.86. The fourth-order valence-electron chi connectivity index (χ4n) is 0.937. The number of nitrogens with two attached hydrogens (primary N) is 1. The zero-order valence-electron chi connectivity index (χ0n) is 7.12. The first-order chi connectivity index (χ1) is 6.15. The Morgan fingerprint density at radius 3 is 3.00 bits per heavy atom. The Bertz CT molecular complexity index is 300. The smallest absolute Gasteiger partial charge is 0.322 e. The molecule has 0 bridgehead atoms. The standard InChI is InChI=1S/C8H10ClNO2S/c1-12-8(11)6(10)4-5-2-3-13-7(5)9/h2-3,6H,4,10H2,1H3/t6-/m0/s1. The van der Waals surface area contributed by atoms with Crippen molar-refractivity contribution in [1.82, 2.24) is 0 Å². The number of hydrogen-bond acceptors (Lipinski definition) is 4. The Labute approximate surface area is 85.4 Å². The molecule has 0 aromatic carbocycles. The van der Waals surface area contributed by atoms with Crippen LogP contribution in [0.2, 0.25) is 4.34 Å². The second kappa shape index (κ2) is 4.60. The van der Waals surface area contributed by atoms with Crippen molar-refractivity contribution >= 4 is 28.9 Å². The molecule has 1 aromatic heterocycles. The Balaban J connectivity index is 2.59. The third-order valence-corrected chi connectivity index (χ3v) is 2.89. The molecular formula is C8H10ClNO2S. The number of carbonyl (C=O) groups is 1. The maximum Gasteiger partial charge on any atom is 0.322 e. The summed E-state index contributed by atoms with van der Waals surface area (Å²) in [5.74, 6) is -0.415. The van der Waals surface area contributed by atoms with Crippen molar-refractivity contribution in [2.45, 2.75) is 12.5 Å². The molecule has 1 atom stereocenters. The van der Waals surface area contributed by atoms with Crippen molar-refractivity contribution in [3.8, 4) is 0 Å². The van der Waals surface area contributed by atoms with Crippen molar-refractivity contribution in [2.24, 2.45) is 5.73 Å². The normalized spacial score (nSPS) is 12.5. The first-order valence-electron chi connectivity index (χ1n) is 3.70. The average molecular weight is 220 g/mol. The molecule has 0 aliphatic rings. The highest BCUT2D eigenvalue weighted by molar-refractivity contribution is 7.14. The quantitative estimate of drug-likeness (QED) is 0.783. The van der Waals surface area contributed by atoms with Gasteiger partial charge in [0.15, 0.2) is 0 Å². The van der Waals surface area contributed by atoms with Gasteiger partial charge >= 0.3 is 5.97 Å². The minimum absolute atomic E-state index is 0.415. The van der Waals surface area contributed by atoms with Gasteiger partial charge in [0, 0.05) is 6.42 Å². The Morgan fingerprint density at radius 1 is 1.85 bits per heavy atom. The van der Waals surface area contributed by atoms with Crippen LogP contribution in [-0.2, 0) is 16.0 Å². The van der Waals surface area contributed by atoms with E-state index in [1.54, 1.807) is 0 Å². The van der Waals surface area contributed by atoms with Gasteiger partial charge in [-0.3, -0.25) is 4.79 Å². The van der Waals surface area contributed by atoms with E-state index in [1.807, 2.05) is 11.4 Å². The van der Waals surface area contributed by atoms with Gasteiger partial charge < -0.3 is 10.5 Å². The van der Waals surface area contributed by atoms with Crippen molar-refractivity contribution in [2.75, 3.05) is 7.11 Å². The number of thiophene rings is 1. The van der Waals surface area contributed by atoms with Crippen LogP contribution in [0.4, 0.5) is 0 Å². The topological polar surface area (TPSA) is 52.3 Å². The molecule has 0 aliphatic carbocycles. The third kappa shape index (κ3) is 2.69. The molecule has 0 radical (unpaired) electrons. The number of rotatable bonds is 3. The third-order valence-electron chi connectivity index (χ3n) is 1.64. The minimum atomic E-state index is -0.628. The van der Waals surface area contributed by atoms with Crippen molar-refractivity contribution in [1.29, 1.82) is 0 Å². The zero-order valence-corrected chi connectivity index (χ0v) is 8.69. The van der Waals surface area contributed by atoms with E-state index in [4.69, 9.17) is 17.3 Å². The summed E-state index contributed by atoms with van der Waals surface area (Å²) in [5.41, 5.74) is 6.45. The Hall–Kier alpha value is -0.580. The largest absolute Gasteiger partial charge is 0.468 e. The fraction of sp³-hybridized carbons (Fsp3) is 0.375. The van der Waals surface area contributed by atoms with Gasteiger partial charge in [0.1, 0.15) is 6.04 Å². The van der Waals surface area contributed by atoms with E-state index in [-0.39, 0.29) is 0 Å². The van der Waals surface area contributed by atoms with Crippen LogP contribution >= 0.6 is 22.9 Å². The second-order valence-electron chi connectivity index (χ2n) is 2.55. The molecule has 2 N–H and O–H groups in total. The van der Waals surface area contributed by atoms with Crippen LogP contribution in [0.5, 0.6) is 0 Å². The minimum Gasteiger partial charge on any atom is -0.468 e. The van der Waals surface area contributed by atoms with E-state index in [0.717, 1.165) is 5.56 Å².